The predicted octanol–water partition coefficient (Wildman–Crippen LogP) is 2.04. The second-order valence-electron chi connectivity index (χ2n) is 4.80. The standard InChI is InChI=1S/C14H11ClN4O3S/c1-23(21,22)9-2-3-10(11(15)8-9)14(20)18-13-4-6-16-12-5-7-17-19(12)13/h2-8H,1H3,(H,18,20). The number of carbonyl (C=O) groups excluding carboxylic acids is 1. The van der Waals surface area contributed by atoms with Crippen LogP contribution in [0.25, 0.3) is 5.65 Å². The van der Waals surface area contributed by atoms with Gasteiger partial charge in [0.15, 0.2) is 15.5 Å². The molecule has 7 nitrogen and oxygen atoms in total. The number of hydrogen-bond acceptors (Lipinski definition) is 5. The number of carbonyl (C=O) groups is 1. The Balaban J connectivity index is 1.94. The van der Waals surface area contributed by atoms with Crippen molar-refractivity contribution in [1.82, 2.24) is 14.6 Å². The van der Waals surface area contributed by atoms with Gasteiger partial charge in [-0.3, -0.25) is 4.79 Å². The van der Waals surface area contributed by atoms with E-state index in [4.69, 9.17) is 11.6 Å². The summed E-state index contributed by atoms with van der Waals surface area (Å²) in [5.41, 5.74) is 0.748. The van der Waals surface area contributed by atoms with E-state index in [-0.39, 0.29) is 15.5 Å². The molecule has 1 N–H and O–H groups in total. The van der Waals surface area contributed by atoms with Gasteiger partial charge < -0.3 is 5.32 Å². The van der Waals surface area contributed by atoms with Gasteiger partial charge in [0.1, 0.15) is 5.82 Å². The van der Waals surface area contributed by atoms with Crippen LogP contribution in [0, 0.1) is 0 Å². The van der Waals surface area contributed by atoms with E-state index < -0.39 is 15.7 Å². The number of hydrogen-bond donors (Lipinski definition) is 1. The van der Waals surface area contributed by atoms with Gasteiger partial charge >= 0.3 is 0 Å². The molecule has 0 aliphatic heterocycles. The van der Waals surface area contributed by atoms with Gasteiger partial charge in [-0.25, -0.2) is 13.4 Å². The SMILES string of the molecule is CS(=O)(=O)c1ccc(C(=O)Nc2ccnc3ccnn23)c(Cl)c1. The number of nitrogens with zero attached hydrogens (tertiary/aromatic N) is 3. The first-order valence-electron chi connectivity index (χ1n) is 6.46. The first-order valence-corrected chi connectivity index (χ1v) is 8.73. The number of nitrogens with one attached hydrogen (secondary N) is 1. The lowest BCUT2D eigenvalue weighted by Crippen LogP contribution is -2.15. The van der Waals surface area contributed by atoms with E-state index in [2.05, 4.69) is 15.4 Å². The molecule has 0 aliphatic rings. The van der Waals surface area contributed by atoms with Crippen LogP contribution in [0.1, 0.15) is 10.4 Å². The summed E-state index contributed by atoms with van der Waals surface area (Å²) in [5.74, 6) is -0.0497. The Kier molecular flexibility index (Phi) is 3.78. The number of anilines is 1. The minimum Gasteiger partial charge on any atom is -0.306 e. The third kappa shape index (κ3) is 3.03. The van der Waals surface area contributed by atoms with Crippen molar-refractivity contribution in [3.05, 3.63) is 53.3 Å². The Morgan fingerprint density at radius 1 is 1.22 bits per heavy atom. The van der Waals surface area contributed by atoms with E-state index in [0.29, 0.717) is 11.5 Å². The second-order valence-corrected chi connectivity index (χ2v) is 7.22. The minimum atomic E-state index is -3.39. The van der Waals surface area contributed by atoms with E-state index in [1.54, 1.807) is 24.5 Å². The molecule has 0 saturated carbocycles. The van der Waals surface area contributed by atoms with Gasteiger partial charge in [-0.05, 0) is 24.3 Å². The third-order valence-corrected chi connectivity index (χ3v) is 4.57. The van der Waals surface area contributed by atoms with Crippen molar-refractivity contribution >= 4 is 38.8 Å². The van der Waals surface area contributed by atoms with Crippen LogP contribution in [0.5, 0.6) is 0 Å². The average molecular weight is 351 g/mol. The molecule has 0 unspecified atom stereocenters. The van der Waals surface area contributed by atoms with Crippen LogP contribution < -0.4 is 5.32 Å². The number of fused-ring (bicyclic) bond motifs is 1. The highest BCUT2D eigenvalue weighted by Gasteiger charge is 2.16. The summed E-state index contributed by atoms with van der Waals surface area (Å²) in [7, 11) is -3.39. The van der Waals surface area contributed by atoms with Crippen LogP contribution in [0.4, 0.5) is 5.82 Å². The Labute approximate surface area is 136 Å². The number of aromatic nitrogens is 3. The van der Waals surface area contributed by atoms with E-state index in [9.17, 15) is 13.2 Å². The van der Waals surface area contributed by atoms with Gasteiger partial charge in [0.25, 0.3) is 5.91 Å². The monoisotopic (exact) mass is 350 g/mol. The zero-order valence-electron chi connectivity index (χ0n) is 11.9. The third-order valence-electron chi connectivity index (χ3n) is 3.15. The highest BCUT2D eigenvalue weighted by atomic mass is 35.5. The minimum absolute atomic E-state index is 0.0520. The Hall–Kier alpha value is -2.45. The van der Waals surface area contributed by atoms with Crippen molar-refractivity contribution in [2.45, 2.75) is 4.90 Å². The molecule has 0 fully saturated rings. The van der Waals surface area contributed by atoms with Gasteiger partial charge in [0, 0.05) is 18.5 Å². The summed E-state index contributed by atoms with van der Waals surface area (Å²) < 4.78 is 24.5. The zero-order valence-corrected chi connectivity index (χ0v) is 13.5. The molecule has 3 aromatic rings. The molecule has 3 rings (SSSR count). The van der Waals surface area contributed by atoms with Gasteiger partial charge in [0.05, 0.1) is 21.7 Å². The maximum atomic E-state index is 12.4. The Bertz CT molecular complexity index is 1010. The lowest BCUT2D eigenvalue weighted by atomic mass is 10.2. The molecular weight excluding hydrogens is 340 g/mol. The predicted molar refractivity (Wildman–Crippen MR) is 85.5 cm³/mol. The van der Waals surface area contributed by atoms with Crippen molar-refractivity contribution < 1.29 is 13.2 Å². The van der Waals surface area contributed by atoms with Gasteiger partial charge in [-0.15, -0.1) is 0 Å². The molecule has 0 saturated heterocycles. The van der Waals surface area contributed by atoms with Crippen molar-refractivity contribution in [3.63, 3.8) is 0 Å². The maximum Gasteiger partial charge on any atom is 0.258 e. The van der Waals surface area contributed by atoms with Crippen LogP contribution in [0.3, 0.4) is 0 Å². The van der Waals surface area contributed by atoms with Crippen molar-refractivity contribution in [1.29, 1.82) is 0 Å². The summed E-state index contributed by atoms with van der Waals surface area (Å²) in [6, 6.07) is 7.25. The fourth-order valence-corrected chi connectivity index (χ4v) is 3.00. The fraction of sp³-hybridized carbons (Fsp3) is 0.0714. The molecule has 0 spiro atoms. The molecule has 23 heavy (non-hydrogen) atoms. The zero-order chi connectivity index (χ0) is 16.6. The number of benzene rings is 1. The molecule has 0 radical (unpaired) electrons. The quantitative estimate of drug-likeness (QED) is 0.780. The molecule has 2 heterocycles. The Morgan fingerprint density at radius 3 is 2.70 bits per heavy atom. The topological polar surface area (TPSA) is 93.4 Å². The molecule has 1 aromatic carbocycles. The normalized spacial score (nSPS) is 11.6. The molecule has 9 heteroatoms. The first kappa shape index (κ1) is 15.4. The van der Waals surface area contributed by atoms with E-state index in [1.165, 1.54) is 22.7 Å². The molecular formula is C14H11ClN4O3S. The molecule has 0 bridgehead atoms. The van der Waals surface area contributed by atoms with Crippen LogP contribution in [0.15, 0.2) is 47.6 Å². The highest BCUT2D eigenvalue weighted by Crippen LogP contribution is 2.22. The summed E-state index contributed by atoms with van der Waals surface area (Å²) >= 11 is 6.03. The summed E-state index contributed by atoms with van der Waals surface area (Å²) in [6.07, 6.45) is 4.18. The van der Waals surface area contributed by atoms with Gasteiger partial charge in [-0.2, -0.15) is 9.61 Å². The van der Waals surface area contributed by atoms with Crippen molar-refractivity contribution in [2.75, 3.05) is 11.6 Å². The number of rotatable bonds is 3. The van der Waals surface area contributed by atoms with E-state index >= 15 is 0 Å². The van der Waals surface area contributed by atoms with E-state index in [0.717, 1.165) is 6.26 Å². The van der Waals surface area contributed by atoms with Crippen molar-refractivity contribution in [3.8, 4) is 0 Å². The smallest absolute Gasteiger partial charge is 0.258 e. The first-order chi connectivity index (χ1) is 10.9. The lowest BCUT2D eigenvalue weighted by molar-refractivity contribution is 0.102. The maximum absolute atomic E-state index is 12.4. The largest absolute Gasteiger partial charge is 0.306 e. The molecule has 2 aromatic heterocycles. The number of amides is 1. The van der Waals surface area contributed by atoms with Crippen LogP contribution in [-0.4, -0.2) is 35.2 Å². The number of sulfone groups is 1. The molecule has 0 aliphatic carbocycles. The average Bonchev–Trinajstić information content (AvgIpc) is 2.95. The molecule has 1 amide bonds. The van der Waals surface area contributed by atoms with Crippen LogP contribution >= 0.6 is 11.6 Å². The number of halogens is 1. The van der Waals surface area contributed by atoms with Crippen LogP contribution in [0.2, 0.25) is 5.02 Å². The lowest BCUT2D eigenvalue weighted by Gasteiger charge is -2.09. The highest BCUT2D eigenvalue weighted by molar-refractivity contribution is 7.90. The molecule has 118 valence electrons. The molecule has 0 atom stereocenters. The summed E-state index contributed by atoms with van der Waals surface area (Å²) in [4.78, 5) is 16.5. The van der Waals surface area contributed by atoms with E-state index in [1.807, 2.05) is 0 Å². The van der Waals surface area contributed by atoms with Crippen LogP contribution in [-0.2, 0) is 9.84 Å². The fourth-order valence-electron chi connectivity index (χ4n) is 2.02. The summed E-state index contributed by atoms with van der Waals surface area (Å²) in [6.45, 7) is 0. The second kappa shape index (κ2) is 5.64. The summed E-state index contributed by atoms with van der Waals surface area (Å²) in [5, 5.41) is 6.79. The Morgan fingerprint density at radius 2 is 2.00 bits per heavy atom. The van der Waals surface area contributed by atoms with Crippen molar-refractivity contribution in [2.24, 2.45) is 0 Å². The van der Waals surface area contributed by atoms with Gasteiger partial charge in [0.2, 0.25) is 0 Å². The van der Waals surface area contributed by atoms with Gasteiger partial charge in [-0.1, -0.05) is 11.6 Å².